The Morgan fingerprint density at radius 1 is 0.797 bits per heavy atom. The van der Waals surface area contributed by atoms with Crippen molar-refractivity contribution in [1.29, 1.82) is 0 Å². The minimum absolute atomic E-state index is 0.0707. The number of ether oxygens (including phenoxy) is 8. The van der Waals surface area contributed by atoms with Crippen molar-refractivity contribution in [2.45, 2.75) is 216 Å². The van der Waals surface area contributed by atoms with Crippen molar-refractivity contribution in [2.75, 3.05) is 13.2 Å². The molecule has 354 valence electrons. The number of benzene rings is 1. The van der Waals surface area contributed by atoms with Gasteiger partial charge in [-0.25, -0.2) is 0 Å². The number of rotatable bonds is 10. The van der Waals surface area contributed by atoms with E-state index in [1.54, 1.807) is 0 Å². The molecule has 2 spiro atoms. The van der Waals surface area contributed by atoms with E-state index in [1.807, 2.05) is 37.3 Å². The summed E-state index contributed by atoms with van der Waals surface area (Å²) in [7, 11) is 0. The van der Waals surface area contributed by atoms with Crippen molar-refractivity contribution in [3.63, 3.8) is 0 Å². The Hall–Kier alpha value is -2.31. The lowest BCUT2D eigenvalue weighted by Gasteiger charge is -2.56. The van der Waals surface area contributed by atoms with E-state index in [1.165, 1.54) is 51.4 Å². The Labute approximate surface area is 382 Å². The Kier molecular flexibility index (Phi) is 13.8. The summed E-state index contributed by atoms with van der Waals surface area (Å²) in [6.07, 6.45) is 32.8. The van der Waals surface area contributed by atoms with Crippen LogP contribution in [-0.2, 0) is 38.0 Å². The zero-order valence-electron chi connectivity index (χ0n) is 38.9. The zero-order valence-corrected chi connectivity index (χ0v) is 38.9. The van der Waals surface area contributed by atoms with Gasteiger partial charge in [0, 0.05) is 25.7 Å². The maximum absolute atomic E-state index is 13.3. The van der Waals surface area contributed by atoms with Crippen LogP contribution in [0, 0.1) is 40.9 Å². The van der Waals surface area contributed by atoms with Crippen LogP contribution in [0.2, 0.25) is 0 Å². The van der Waals surface area contributed by atoms with Gasteiger partial charge in [-0.2, -0.15) is 0 Å². The molecule has 0 amide bonds. The fourth-order valence-corrected chi connectivity index (χ4v) is 14.7. The molecule has 1 aromatic carbocycles. The van der Waals surface area contributed by atoms with Crippen LogP contribution in [0.3, 0.4) is 0 Å². The smallest absolute Gasteiger partial charge is 0.312 e. The molecule has 13 rings (SSSR count). The summed E-state index contributed by atoms with van der Waals surface area (Å²) in [5.74, 6) is 4.71. The molecule has 9 aliphatic carbocycles. The van der Waals surface area contributed by atoms with Gasteiger partial charge in [-0.15, -0.1) is 0 Å². The number of carbonyl (C=O) groups is 1. The standard InChI is InChI=1S/C20H30O2.C18H28O6.C16H20O2/c1-2-20(12-13-3-4-17(20)8-13)22-18(21)19-9-14-5-15(10-19)7-16(6-14)11-19;19-13-14(12-11-20-17(22-12)7-3-1-4-8-17)21-16-15(13)23-18(24-16)9-5-2-6-10-18;1-14(18-16-10-6-3-7-11-16)17-13-12-15-8-4-2-5-9-15/h13-17H,2-12H2,1H3;12-16,19H,1-11H2;2-8,10-11,14-15H,9,12-13H2,1H3/t13-,14?,15?,16?,17+,19?,20+;12?,13-,14+,15+,16+;/m00./s1. The van der Waals surface area contributed by atoms with E-state index in [-0.39, 0.29) is 29.4 Å². The average Bonchev–Trinajstić information content (AvgIpc) is 4.14. The fraction of sp³-hybridized carbons (Fsp3) is 0.796. The third kappa shape index (κ3) is 9.69. The maximum Gasteiger partial charge on any atom is 0.312 e. The molecule has 3 aliphatic heterocycles. The van der Waals surface area contributed by atoms with Crippen LogP contribution < -0.4 is 4.74 Å². The Morgan fingerprint density at radius 3 is 2.11 bits per heavy atom. The second-order valence-electron chi connectivity index (χ2n) is 22.1. The van der Waals surface area contributed by atoms with Crippen LogP contribution in [0.4, 0.5) is 0 Å². The number of para-hydroxylation sites is 1. The molecule has 8 saturated carbocycles. The summed E-state index contributed by atoms with van der Waals surface area (Å²) >= 11 is 0. The largest absolute Gasteiger partial charge is 0.465 e. The van der Waals surface area contributed by atoms with Crippen molar-refractivity contribution in [1.82, 2.24) is 0 Å². The van der Waals surface area contributed by atoms with E-state index in [2.05, 4.69) is 31.2 Å². The highest BCUT2D eigenvalue weighted by molar-refractivity contribution is 5.78. The Bertz CT molecular complexity index is 1730. The molecular weight excluding hydrogens is 809 g/mol. The van der Waals surface area contributed by atoms with E-state index in [0.29, 0.717) is 18.4 Å². The predicted molar refractivity (Wildman–Crippen MR) is 242 cm³/mol. The molecule has 0 radical (unpaired) electrons. The molecule has 1 N–H and O–H groups in total. The minimum Gasteiger partial charge on any atom is -0.465 e. The molecule has 1 aromatic rings. The van der Waals surface area contributed by atoms with Crippen LogP contribution >= 0.6 is 0 Å². The summed E-state index contributed by atoms with van der Waals surface area (Å²) in [5.41, 5.74) is -0.151. The van der Waals surface area contributed by atoms with Gasteiger partial charge in [0.15, 0.2) is 24.2 Å². The van der Waals surface area contributed by atoms with Gasteiger partial charge in [0.05, 0.1) is 18.6 Å². The van der Waals surface area contributed by atoms with Gasteiger partial charge in [-0.3, -0.25) is 4.79 Å². The quantitative estimate of drug-likeness (QED) is 0.180. The van der Waals surface area contributed by atoms with Gasteiger partial charge >= 0.3 is 5.97 Å². The second-order valence-corrected chi connectivity index (χ2v) is 22.1. The van der Waals surface area contributed by atoms with Gasteiger partial charge in [-0.05, 0) is 164 Å². The third-order valence-electron chi connectivity index (χ3n) is 17.6. The molecule has 3 saturated heterocycles. The van der Waals surface area contributed by atoms with Crippen molar-refractivity contribution < 1.29 is 47.8 Å². The first-order valence-electron chi connectivity index (χ1n) is 26.0. The lowest BCUT2D eigenvalue weighted by atomic mass is 9.49. The lowest BCUT2D eigenvalue weighted by molar-refractivity contribution is -0.259. The predicted octanol–water partition coefficient (Wildman–Crippen LogP) is 10.9. The van der Waals surface area contributed by atoms with E-state index in [0.717, 1.165) is 132 Å². The van der Waals surface area contributed by atoms with Crippen molar-refractivity contribution in [3.8, 4) is 5.75 Å². The van der Waals surface area contributed by atoms with Crippen LogP contribution in [-0.4, -0.2) is 78.5 Å². The topological polar surface area (TPSA) is 111 Å². The number of aliphatic hydroxyl groups is 1. The first-order valence-corrected chi connectivity index (χ1v) is 26.0. The second kappa shape index (κ2) is 19.4. The highest BCUT2D eigenvalue weighted by Crippen LogP contribution is 2.62. The molecule has 64 heavy (non-hydrogen) atoms. The SMILES string of the molecule is CC(OCCC1C=CC=CC1)Oc1ccccc1.CC[C@@]1(OC(=O)C23CC4CC(CC(C4)C2)C3)C[C@H]2CC[C@@H]1C2.O[C@@H]1[C@H]2OC3(CCCCC3)O[C@H]2O[C@@H]1C1COC2(CCCCC2)O1. The molecule has 12 aliphatic rings. The Balaban J connectivity index is 0.000000115. The molecule has 3 unspecified atom stereocenters. The molecule has 6 bridgehead atoms. The number of esters is 1. The maximum atomic E-state index is 13.3. The van der Waals surface area contributed by atoms with Gasteiger partial charge in [0.25, 0.3) is 0 Å². The number of carbonyl (C=O) groups excluding carboxylic acids is 1. The van der Waals surface area contributed by atoms with Crippen molar-refractivity contribution in [2.24, 2.45) is 40.9 Å². The number of aliphatic hydroxyl groups excluding tert-OH is 1. The van der Waals surface area contributed by atoms with Crippen LogP contribution in [0.5, 0.6) is 5.75 Å². The highest BCUT2D eigenvalue weighted by Gasteiger charge is 2.62. The van der Waals surface area contributed by atoms with Gasteiger partial charge in [0.1, 0.15) is 35.8 Å². The molecular formula is C54H78O10. The molecule has 10 nitrogen and oxygen atoms in total. The molecule has 11 fully saturated rings. The summed E-state index contributed by atoms with van der Waals surface area (Å²) in [4.78, 5) is 13.3. The summed E-state index contributed by atoms with van der Waals surface area (Å²) in [5, 5.41) is 10.8. The van der Waals surface area contributed by atoms with E-state index >= 15 is 0 Å². The third-order valence-corrected chi connectivity index (χ3v) is 17.6. The van der Waals surface area contributed by atoms with Crippen molar-refractivity contribution >= 4 is 5.97 Å². The zero-order chi connectivity index (χ0) is 43.8. The number of hydrogen-bond acceptors (Lipinski definition) is 10. The van der Waals surface area contributed by atoms with E-state index in [4.69, 9.17) is 37.9 Å². The van der Waals surface area contributed by atoms with Gasteiger partial charge < -0.3 is 43.0 Å². The first kappa shape index (κ1) is 45.5. The van der Waals surface area contributed by atoms with Gasteiger partial charge in [-0.1, -0.05) is 62.3 Å². The number of allylic oxidation sites excluding steroid dienone is 4. The summed E-state index contributed by atoms with van der Waals surface area (Å²) in [6, 6.07) is 9.77. The average molecular weight is 887 g/mol. The van der Waals surface area contributed by atoms with Crippen LogP contribution in [0.1, 0.15) is 162 Å². The van der Waals surface area contributed by atoms with Gasteiger partial charge in [0.2, 0.25) is 0 Å². The normalized spacial score (nSPS) is 41.9. The first-order chi connectivity index (χ1) is 31.1. The monoisotopic (exact) mass is 887 g/mol. The number of hydrogen-bond donors (Lipinski definition) is 1. The molecule has 3 heterocycles. The molecule has 0 aromatic heterocycles. The lowest BCUT2D eigenvalue weighted by Crippen LogP contribution is -2.53. The van der Waals surface area contributed by atoms with E-state index in [9.17, 15) is 9.90 Å². The molecule has 10 atom stereocenters. The summed E-state index contributed by atoms with van der Waals surface area (Å²) < 4.78 is 48.3. The van der Waals surface area contributed by atoms with E-state index < -0.39 is 36.2 Å². The Morgan fingerprint density at radius 2 is 1.50 bits per heavy atom. The van der Waals surface area contributed by atoms with Crippen LogP contribution in [0.25, 0.3) is 0 Å². The number of fused-ring (bicyclic) bond motifs is 3. The van der Waals surface area contributed by atoms with Crippen LogP contribution in [0.15, 0.2) is 54.6 Å². The highest BCUT2D eigenvalue weighted by atomic mass is 16.8. The minimum atomic E-state index is -0.719. The molecule has 10 heteroatoms. The summed E-state index contributed by atoms with van der Waals surface area (Å²) in [6.45, 7) is 5.39. The fourth-order valence-electron chi connectivity index (χ4n) is 14.7. The van der Waals surface area contributed by atoms with Crippen molar-refractivity contribution in [3.05, 3.63) is 54.6 Å².